The van der Waals surface area contributed by atoms with E-state index < -0.39 is 6.16 Å². The van der Waals surface area contributed by atoms with Crippen LogP contribution in [0.15, 0.2) is 0 Å². The summed E-state index contributed by atoms with van der Waals surface area (Å²) in [5, 5.41) is 0. The summed E-state index contributed by atoms with van der Waals surface area (Å²) < 4.78 is 20.8. The van der Waals surface area contributed by atoms with Crippen molar-refractivity contribution >= 4 is 6.16 Å². The van der Waals surface area contributed by atoms with Crippen LogP contribution in [0.5, 0.6) is 0 Å². The second-order valence-corrected chi connectivity index (χ2v) is 5.46. The molecule has 0 heterocycles. The SMILES string of the molecule is CCC(C)(CCOC(=O)OCCC(C)(CC)OC)OC. The summed E-state index contributed by atoms with van der Waals surface area (Å²) in [6.45, 7) is 8.66. The quantitative estimate of drug-likeness (QED) is 0.576. The number of carbonyl (C=O) groups is 1. The highest BCUT2D eigenvalue weighted by Gasteiger charge is 2.23. The predicted octanol–water partition coefficient (Wildman–Crippen LogP) is 3.55. The van der Waals surface area contributed by atoms with E-state index in [1.165, 1.54) is 0 Å². The fraction of sp³-hybridized carbons (Fsp3) is 0.933. The summed E-state index contributed by atoms with van der Waals surface area (Å²) in [5.74, 6) is 0. The van der Waals surface area contributed by atoms with Crippen molar-refractivity contribution < 1.29 is 23.7 Å². The van der Waals surface area contributed by atoms with Gasteiger partial charge in [-0.05, 0) is 26.7 Å². The molecule has 0 N–H and O–H groups in total. The molecule has 0 aromatic carbocycles. The van der Waals surface area contributed by atoms with Crippen molar-refractivity contribution in [1.82, 2.24) is 0 Å². The van der Waals surface area contributed by atoms with E-state index in [-0.39, 0.29) is 11.2 Å². The molecule has 0 saturated heterocycles. The van der Waals surface area contributed by atoms with Crippen molar-refractivity contribution in [2.45, 2.75) is 64.6 Å². The Bertz CT molecular complexity index is 243. The van der Waals surface area contributed by atoms with Gasteiger partial charge < -0.3 is 18.9 Å². The van der Waals surface area contributed by atoms with E-state index in [0.717, 1.165) is 12.8 Å². The number of hydrogen-bond acceptors (Lipinski definition) is 5. The van der Waals surface area contributed by atoms with Crippen LogP contribution >= 0.6 is 0 Å². The Morgan fingerprint density at radius 3 is 1.45 bits per heavy atom. The summed E-state index contributed by atoms with van der Waals surface area (Å²) in [6.07, 6.45) is 2.41. The number of ether oxygens (including phenoxy) is 4. The first-order valence-electron chi connectivity index (χ1n) is 7.24. The molecule has 120 valence electrons. The Balaban J connectivity index is 3.85. The molecular formula is C15H30O5. The molecule has 0 aromatic heterocycles. The lowest BCUT2D eigenvalue weighted by atomic mass is 10.00. The minimum atomic E-state index is -0.630. The Hall–Kier alpha value is -0.810. The second-order valence-electron chi connectivity index (χ2n) is 5.46. The van der Waals surface area contributed by atoms with Crippen LogP contribution in [0.3, 0.4) is 0 Å². The third-order valence-corrected chi connectivity index (χ3v) is 4.18. The van der Waals surface area contributed by atoms with Crippen molar-refractivity contribution in [3.8, 4) is 0 Å². The molecular weight excluding hydrogens is 260 g/mol. The van der Waals surface area contributed by atoms with Gasteiger partial charge in [-0.2, -0.15) is 0 Å². The van der Waals surface area contributed by atoms with Crippen molar-refractivity contribution in [1.29, 1.82) is 0 Å². The van der Waals surface area contributed by atoms with Crippen LogP contribution in [0.4, 0.5) is 4.79 Å². The van der Waals surface area contributed by atoms with Crippen LogP contribution in [0, 0.1) is 0 Å². The largest absolute Gasteiger partial charge is 0.508 e. The van der Waals surface area contributed by atoms with E-state index in [4.69, 9.17) is 18.9 Å². The van der Waals surface area contributed by atoms with Gasteiger partial charge in [0.2, 0.25) is 0 Å². The summed E-state index contributed by atoms with van der Waals surface area (Å²) in [4.78, 5) is 11.4. The third kappa shape index (κ3) is 7.10. The van der Waals surface area contributed by atoms with Gasteiger partial charge in [-0.25, -0.2) is 4.79 Å². The Kier molecular flexibility index (Phi) is 8.81. The molecule has 5 nitrogen and oxygen atoms in total. The molecule has 0 bridgehead atoms. The van der Waals surface area contributed by atoms with E-state index in [1.807, 2.05) is 27.7 Å². The molecule has 0 aliphatic heterocycles. The number of methoxy groups -OCH3 is 2. The average molecular weight is 290 g/mol. The Labute approximate surface area is 122 Å². The van der Waals surface area contributed by atoms with Gasteiger partial charge in [0.1, 0.15) is 0 Å². The third-order valence-electron chi connectivity index (χ3n) is 4.18. The monoisotopic (exact) mass is 290 g/mol. The Morgan fingerprint density at radius 2 is 1.20 bits per heavy atom. The number of hydrogen-bond donors (Lipinski definition) is 0. The van der Waals surface area contributed by atoms with Gasteiger partial charge in [-0.1, -0.05) is 13.8 Å². The molecule has 2 atom stereocenters. The molecule has 0 aliphatic rings. The average Bonchev–Trinajstić information content (AvgIpc) is 2.46. The fourth-order valence-corrected chi connectivity index (χ4v) is 1.59. The molecule has 2 unspecified atom stereocenters. The lowest BCUT2D eigenvalue weighted by Gasteiger charge is -2.27. The van der Waals surface area contributed by atoms with Crippen LogP contribution in [-0.4, -0.2) is 44.8 Å². The molecule has 20 heavy (non-hydrogen) atoms. The predicted molar refractivity (Wildman–Crippen MR) is 77.9 cm³/mol. The maximum atomic E-state index is 11.4. The molecule has 0 rings (SSSR count). The maximum Gasteiger partial charge on any atom is 0.508 e. The van der Waals surface area contributed by atoms with E-state index in [2.05, 4.69) is 0 Å². The highest BCUT2D eigenvalue weighted by atomic mass is 16.7. The van der Waals surface area contributed by atoms with E-state index in [9.17, 15) is 4.79 Å². The molecule has 0 amide bonds. The topological polar surface area (TPSA) is 54.0 Å². The van der Waals surface area contributed by atoms with Crippen LogP contribution in [-0.2, 0) is 18.9 Å². The molecule has 0 radical (unpaired) electrons. The molecule has 0 aliphatic carbocycles. The summed E-state index contributed by atoms with van der Waals surface area (Å²) >= 11 is 0. The smallest absolute Gasteiger partial charge is 0.434 e. The first-order valence-corrected chi connectivity index (χ1v) is 7.24. The zero-order chi connectivity index (χ0) is 15.6. The normalized spacial score (nSPS) is 17.1. The van der Waals surface area contributed by atoms with Gasteiger partial charge in [0, 0.05) is 27.1 Å². The van der Waals surface area contributed by atoms with Crippen LogP contribution < -0.4 is 0 Å². The van der Waals surface area contributed by atoms with E-state index in [0.29, 0.717) is 26.1 Å². The maximum absolute atomic E-state index is 11.4. The summed E-state index contributed by atoms with van der Waals surface area (Å²) in [6, 6.07) is 0. The minimum Gasteiger partial charge on any atom is -0.434 e. The van der Waals surface area contributed by atoms with Crippen molar-refractivity contribution in [3.63, 3.8) is 0 Å². The van der Waals surface area contributed by atoms with Gasteiger partial charge in [-0.3, -0.25) is 0 Å². The van der Waals surface area contributed by atoms with Gasteiger partial charge in [0.05, 0.1) is 24.4 Å². The molecule has 5 heteroatoms. The van der Waals surface area contributed by atoms with Crippen molar-refractivity contribution in [3.05, 3.63) is 0 Å². The highest BCUT2D eigenvalue weighted by molar-refractivity contribution is 5.59. The first kappa shape index (κ1) is 19.2. The highest BCUT2D eigenvalue weighted by Crippen LogP contribution is 2.19. The molecule has 0 saturated carbocycles. The number of carbonyl (C=O) groups excluding carboxylic acids is 1. The fourth-order valence-electron chi connectivity index (χ4n) is 1.59. The van der Waals surface area contributed by atoms with Gasteiger partial charge in [0.25, 0.3) is 0 Å². The first-order chi connectivity index (χ1) is 9.34. The zero-order valence-corrected chi connectivity index (χ0v) is 13.8. The molecule has 0 fully saturated rings. The second kappa shape index (κ2) is 9.19. The van der Waals surface area contributed by atoms with Gasteiger partial charge in [0.15, 0.2) is 0 Å². The Morgan fingerprint density at radius 1 is 0.850 bits per heavy atom. The van der Waals surface area contributed by atoms with Crippen LogP contribution in [0.25, 0.3) is 0 Å². The standard InChI is InChI=1S/C15H30O5/c1-7-14(3,17-5)9-11-19-13(16)20-12-10-15(4,8-2)18-6/h7-12H2,1-6H3. The summed E-state index contributed by atoms with van der Waals surface area (Å²) in [7, 11) is 3.33. The van der Waals surface area contributed by atoms with Crippen LogP contribution in [0.2, 0.25) is 0 Å². The minimum absolute atomic E-state index is 0.253. The lowest BCUT2D eigenvalue weighted by Crippen LogP contribution is -2.30. The molecule has 0 spiro atoms. The van der Waals surface area contributed by atoms with E-state index in [1.54, 1.807) is 14.2 Å². The zero-order valence-electron chi connectivity index (χ0n) is 13.8. The summed E-state index contributed by atoms with van der Waals surface area (Å²) in [5.41, 5.74) is -0.506. The van der Waals surface area contributed by atoms with Crippen LogP contribution in [0.1, 0.15) is 53.4 Å². The van der Waals surface area contributed by atoms with Crippen molar-refractivity contribution in [2.24, 2.45) is 0 Å². The molecule has 0 aromatic rings. The lowest BCUT2D eigenvalue weighted by molar-refractivity contribution is -0.0358. The van der Waals surface area contributed by atoms with Gasteiger partial charge in [-0.15, -0.1) is 0 Å². The van der Waals surface area contributed by atoms with E-state index >= 15 is 0 Å². The van der Waals surface area contributed by atoms with Crippen molar-refractivity contribution in [2.75, 3.05) is 27.4 Å². The van der Waals surface area contributed by atoms with Gasteiger partial charge >= 0.3 is 6.16 Å². The number of rotatable bonds is 10.